The molecule has 0 aliphatic heterocycles. The second-order valence-corrected chi connectivity index (χ2v) is 5.50. The Hall–Kier alpha value is -2.40. The van der Waals surface area contributed by atoms with E-state index in [1.807, 2.05) is 31.2 Å². The van der Waals surface area contributed by atoms with Gasteiger partial charge in [-0.3, -0.25) is 4.98 Å². The average molecular weight is 329 g/mol. The molecule has 0 N–H and O–H groups in total. The molecule has 0 saturated carbocycles. The molecule has 0 atom stereocenters. The van der Waals surface area contributed by atoms with E-state index in [-0.39, 0.29) is 0 Å². The summed E-state index contributed by atoms with van der Waals surface area (Å²) in [6.07, 6.45) is 2.72. The highest BCUT2D eigenvalue weighted by atomic mass is 35.5. The first kappa shape index (κ1) is 15.5. The first-order chi connectivity index (χ1) is 11.1. The number of hydrogen-bond acceptors (Lipinski definition) is 4. The van der Waals surface area contributed by atoms with E-state index >= 15 is 0 Å². The van der Waals surface area contributed by atoms with Gasteiger partial charge < -0.3 is 4.74 Å². The molecule has 0 aliphatic rings. The Morgan fingerprint density at radius 3 is 2.83 bits per heavy atom. The largest absolute Gasteiger partial charge is 0.493 e. The van der Waals surface area contributed by atoms with Crippen LogP contribution in [0.3, 0.4) is 0 Å². The minimum Gasteiger partial charge on any atom is -0.493 e. The lowest BCUT2D eigenvalue weighted by atomic mass is 10.2. The van der Waals surface area contributed by atoms with Crippen molar-refractivity contribution in [2.75, 3.05) is 7.11 Å². The van der Waals surface area contributed by atoms with E-state index in [4.69, 9.17) is 16.3 Å². The maximum Gasteiger partial charge on any atom is 0.182 e. The van der Waals surface area contributed by atoms with Crippen LogP contribution in [0.2, 0.25) is 5.02 Å². The molecule has 0 amide bonds. The van der Waals surface area contributed by atoms with E-state index in [1.165, 1.54) is 5.56 Å². The van der Waals surface area contributed by atoms with Gasteiger partial charge in [0.2, 0.25) is 0 Å². The normalized spacial score (nSPS) is 10.8. The van der Waals surface area contributed by atoms with E-state index < -0.39 is 0 Å². The molecule has 1 aromatic carbocycles. The second kappa shape index (κ2) is 6.38. The summed E-state index contributed by atoms with van der Waals surface area (Å²) in [5.41, 5.74) is 2.70. The lowest BCUT2D eigenvalue weighted by Crippen LogP contribution is -2.04. The standard InChI is InChI=1S/C17H17ClN4O/c1-4-12-8-9-19-14(10-12)17-20-11(2)21-22(17)15-7-5-6-13(18)16(15)23-3/h5-10H,4H2,1-3H3. The van der Waals surface area contributed by atoms with Gasteiger partial charge >= 0.3 is 0 Å². The van der Waals surface area contributed by atoms with E-state index in [1.54, 1.807) is 24.1 Å². The lowest BCUT2D eigenvalue weighted by molar-refractivity contribution is 0.412. The maximum atomic E-state index is 6.23. The molecule has 0 saturated heterocycles. The minimum atomic E-state index is 0.527. The Bertz CT molecular complexity index is 844. The van der Waals surface area contributed by atoms with E-state index in [9.17, 15) is 0 Å². The van der Waals surface area contributed by atoms with Crippen LogP contribution in [-0.4, -0.2) is 26.9 Å². The SMILES string of the molecule is CCc1ccnc(-c2nc(C)nn2-c2cccc(Cl)c2OC)c1. The van der Waals surface area contributed by atoms with Crippen LogP contribution >= 0.6 is 11.6 Å². The summed E-state index contributed by atoms with van der Waals surface area (Å²) in [4.78, 5) is 8.97. The van der Waals surface area contributed by atoms with Crippen molar-refractivity contribution in [1.29, 1.82) is 0 Å². The van der Waals surface area contributed by atoms with Crippen LogP contribution in [0.15, 0.2) is 36.5 Å². The number of methoxy groups -OCH3 is 1. The number of benzene rings is 1. The van der Waals surface area contributed by atoms with Crippen LogP contribution in [0.25, 0.3) is 17.2 Å². The summed E-state index contributed by atoms with van der Waals surface area (Å²) in [7, 11) is 1.59. The van der Waals surface area contributed by atoms with Crippen molar-refractivity contribution >= 4 is 11.6 Å². The smallest absolute Gasteiger partial charge is 0.182 e. The predicted octanol–water partition coefficient (Wildman–Crippen LogP) is 3.86. The van der Waals surface area contributed by atoms with Crippen LogP contribution in [-0.2, 0) is 6.42 Å². The van der Waals surface area contributed by atoms with Gasteiger partial charge in [0.15, 0.2) is 11.6 Å². The van der Waals surface area contributed by atoms with Crippen molar-refractivity contribution in [2.24, 2.45) is 0 Å². The zero-order chi connectivity index (χ0) is 16.4. The van der Waals surface area contributed by atoms with Gasteiger partial charge in [-0.25, -0.2) is 9.67 Å². The monoisotopic (exact) mass is 328 g/mol. The fourth-order valence-electron chi connectivity index (χ4n) is 2.43. The summed E-state index contributed by atoms with van der Waals surface area (Å²) in [5.74, 6) is 1.89. The van der Waals surface area contributed by atoms with Gasteiger partial charge in [-0.2, -0.15) is 5.10 Å². The number of hydrogen-bond donors (Lipinski definition) is 0. The third-order valence-corrected chi connectivity index (χ3v) is 3.85. The molecule has 118 valence electrons. The fraction of sp³-hybridized carbons (Fsp3) is 0.235. The topological polar surface area (TPSA) is 52.8 Å². The maximum absolute atomic E-state index is 6.23. The predicted molar refractivity (Wildman–Crippen MR) is 90.3 cm³/mol. The molecule has 0 unspecified atom stereocenters. The summed E-state index contributed by atoms with van der Waals surface area (Å²) in [5, 5.41) is 5.02. The first-order valence-electron chi connectivity index (χ1n) is 7.36. The highest BCUT2D eigenvalue weighted by Crippen LogP contribution is 2.33. The lowest BCUT2D eigenvalue weighted by Gasteiger charge is -2.12. The second-order valence-electron chi connectivity index (χ2n) is 5.09. The minimum absolute atomic E-state index is 0.527. The van der Waals surface area contributed by atoms with Crippen LogP contribution in [0.5, 0.6) is 5.75 Å². The number of ether oxygens (including phenoxy) is 1. The molecule has 3 rings (SSSR count). The number of halogens is 1. The van der Waals surface area contributed by atoms with Gasteiger partial charge in [0.05, 0.1) is 12.1 Å². The summed E-state index contributed by atoms with van der Waals surface area (Å²) in [6, 6.07) is 9.56. The van der Waals surface area contributed by atoms with Crippen molar-refractivity contribution in [3.05, 3.63) is 52.9 Å². The summed E-state index contributed by atoms with van der Waals surface area (Å²) >= 11 is 6.23. The molecule has 6 heteroatoms. The van der Waals surface area contributed by atoms with Crippen molar-refractivity contribution in [3.63, 3.8) is 0 Å². The van der Waals surface area contributed by atoms with Crippen LogP contribution in [0, 0.1) is 6.92 Å². The van der Waals surface area contributed by atoms with Crippen molar-refractivity contribution < 1.29 is 4.74 Å². The van der Waals surface area contributed by atoms with Crippen LogP contribution in [0.4, 0.5) is 0 Å². The molecule has 0 bridgehead atoms. The number of aromatic nitrogens is 4. The van der Waals surface area contributed by atoms with E-state index in [2.05, 4.69) is 22.0 Å². The van der Waals surface area contributed by atoms with Crippen LogP contribution in [0.1, 0.15) is 18.3 Å². The third-order valence-electron chi connectivity index (χ3n) is 3.55. The number of para-hydroxylation sites is 1. The van der Waals surface area contributed by atoms with Gasteiger partial charge in [0, 0.05) is 6.20 Å². The number of nitrogens with zero attached hydrogens (tertiary/aromatic N) is 4. The van der Waals surface area contributed by atoms with Gasteiger partial charge in [-0.15, -0.1) is 0 Å². The summed E-state index contributed by atoms with van der Waals surface area (Å²) in [6.45, 7) is 3.95. The van der Waals surface area contributed by atoms with E-state index in [0.717, 1.165) is 17.8 Å². The highest BCUT2D eigenvalue weighted by molar-refractivity contribution is 6.32. The molecule has 0 aliphatic carbocycles. The molecule has 0 fully saturated rings. The molecule has 2 aromatic heterocycles. The van der Waals surface area contributed by atoms with E-state index in [0.29, 0.717) is 22.4 Å². The molecular weight excluding hydrogens is 312 g/mol. The van der Waals surface area contributed by atoms with Crippen LogP contribution < -0.4 is 4.74 Å². The average Bonchev–Trinajstić information content (AvgIpc) is 2.96. The summed E-state index contributed by atoms with van der Waals surface area (Å²) < 4.78 is 7.16. The van der Waals surface area contributed by atoms with Gasteiger partial charge in [-0.1, -0.05) is 24.6 Å². The Kier molecular flexibility index (Phi) is 4.30. The molecule has 0 radical (unpaired) electrons. The first-order valence-corrected chi connectivity index (χ1v) is 7.73. The number of aryl methyl sites for hydroxylation is 2. The van der Waals surface area contributed by atoms with Crippen molar-refractivity contribution in [3.8, 4) is 23.0 Å². The fourth-order valence-corrected chi connectivity index (χ4v) is 2.68. The quantitative estimate of drug-likeness (QED) is 0.729. The van der Waals surface area contributed by atoms with Crippen molar-refractivity contribution in [1.82, 2.24) is 19.7 Å². The molecule has 23 heavy (non-hydrogen) atoms. The Morgan fingerprint density at radius 1 is 1.26 bits per heavy atom. The zero-order valence-corrected chi connectivity index (χ0v) is 14.0. The highest BCUT2D eigenvalue weighted by Gasteiger charge is 2.17. The van der Waals surface area contributed by atoms with Gasteiger partial charge in [0.25, 0.3) is 0 Å². The Morgan fingerprint density at radius 2 is 2.09 bits per heavy atom. The molecule has 3 aromatic rings. The molecule has 0 spiro atoms. The van der Waals surface area contributed by atoms with Gasteiger partial charge in [0.1, 0.15) is 17.2 Å². The molecule has 5 nitrogen and oxygen atoms in total. The zero-order valence-electron chi connectivity index (χ0n) is 13.2. The Balaban J connectivity index is 2.21. The molecular formula is C17H17ClN4O. The number of rotatable bonds is 4. The third kappa shape index (κ3) is 2.92. The number of pyridine rings is 1. The van der Waals surface area contributed by atoms with Crippen molar-refractivity contribution in [2.45, 2.75) is 20.3 Å². The molecule has 2 heterocycles. The van der Waals surface area contributed by atoms with Gasteiger partial charge in [-0.05, 0) is 43.2 Å². The Labute approximate surface area is 139 Å².